The molecule has 2 amide bonds. The average molecular weight is 639 g/mol. The topological polar surface area (TPSA) is 124 Å². The fourth-order valence-corrected chi connectivity index (χ4v) is 6.04. The highest BCUT2D eigenvalue weighted by Crippen LogP contribution is 2.40. The van der Waals surface area contributed by atoms with Crippen LogP contribution in [0.25, 0.3) is 0 Å². The molecule has 0 radical (unpaired) electrons. The molecule has 0 spiro atoms. The molecule has 11 nitrogen and oxygen atoms in total. The summed E-state index contributed by atoms with van der Waals surface area (Å²) in [6.45, 7) is 4.48. The molecule has 4 N–H and O–H groups in total. The zero-order valence-corrected chi connectivity index (χ0v) is 25.4. The number of anilines is 3. The van der Waals surface area contributed by atoms with Crippen molar-refractivity contribution in [2.24, 2.45) is 11.6 Å². The van der Waals surface area contributed by atoms with Crippen LogP contribution in [0.4, 0.5) is 21.9 Å². The van der Waals surface area contributed by atoms with Gasteiger partial charge >= 0.3 is 6.03 Å². The van der Waals surface area contributed by atoms with Crippen LogP contribution in [0.5, 0.6) is 5.75 Å². The summed E-state index contributed by atoms with van der Waals surface area (Å²) in [5.74, 6) is 5.33. The molecule has 2 aliphatic heterocycles. The third-order valence-electron chi connectivity index (χ3n) is 7.80. The highest BCUT2D eigenvalue weighted by Gasteiger charge is 2.45. The molecule has 2 unspecified atom stereocenters. The SMILES string of the molecule is NC(=O)N(N)c1ccc(N2CCN(c3ccc(OCC4COC(Cn5ccnc5)(c5ccc(Cl)cc5Cl)O4)cc3)CC2)cc1. The van der Waals surface area contributed by atoms with Crippen LogP contribution < -0.4 is 31.1 Å². The van der Waals surface area contributed by atoms with E-state index in [9.17, 15) is 4.79 Å². The Kier molecular flexibility index (Phi) is 8.83. The van der Waals surface area contributed by atoms with E-state index in [2.05, 4.69) is 26.9 Å². The first-order valence-electron chi connectivity index (χ1n) is 14.2. The first-order valence-corrected chi connectivity index (χ1v) is 15.0. The number of primary amides is 1. The summed E-state index contributed by atoms with van der Waals surface area (Å²) in [6, 6.07) is 20.2. The number of aromatic nitrogens is 2. The van der Waals surface area contributed by atoms with Gasteiger partial charge in [-0.05, 0) is 60.7 Å². The van der Waals surface area contributed by atoms with Gasteiger partial charge in [0.05, 0.1) is 30.2 Å². The Bertz CT molecular complexity index is 1570. The highest BCUT2D eigenvalue weighted by atomic mass is 35.5. The summed E-state index contributed by atoms with van der Waals surface area (Å²) in [7, 11) is 0. The molecule has 6 rings (SSSR count). The second-order valence-corrected chi connectivity index (χ2v) is 11.5. The first-order chi connectivity index (χ1) is 21.3. The number of hydrazine groups is 1. The second kappa shape index (κ2) is 12.9. The van der Waals surface area contributed by atoms with Crippen LogP contribution >= 0.6 is 23.2 Å². The van der Waals surface area contributed by atoms with Crippen LogP contribution in [0.1, 0.15) is 5.56 Å². The third-order valence-corrected chi connectivity index (χ3v) is 8.35. The number of hydrogen-bond donors (Lipinski definition) is 2. The van der Waals surface area contributed by atoms with Crippen LogP contribution in [0.15, 0.2) is 85.5 Å². The van der Waals surface area contributed by atoms with Crippen molar-refractivity contribution >= 4 is 46.3 Å². The molecular weight excluding hydrogens is 605 g/mol. The number of carbonyl (C=O) groups excluding carboxylic acids is 1. The average Bonchev–Trinajstić information content (AvgIpc) is 3.70. The van der Waals surface area contributed by atoms with Gasteiger partial charge in [0.15, 0.2) is 0 Å². The maximum absolute atomic E-state index is 11.3. The number of amides is 2. The van der Waals surface area contributed by atoms with Gasteiger partial charge < -0.3 is 34.3 Å². The van der Waals surface area contributed by atoms with Gasteiger partial charge in [0.2, 0.25) is 5.79 Å². The number of carbonyl (C=O) groups is 1. The molecule has 2 atom stereocenters. The molecule has 3 heterocycles. The Morgan fingerprint density at radius 2 is 1.66 bits per heavy atom. The van der Waals surface area contributed by atoms with Crippen molar-refractivity contribution in [2.45, 2.75) is 18.4 Å². The van der Waals surface area contributed by atoms with Crippen molar-refractivity contribution in [3.63, 3.8) is 0 Å². The van der Waals surface area contributed by atoms with Crippen molar-refractivity contribution in [1.82, 2.24) is 9.55 Å². The van der Waals surface area contributed by atoms with Crippen LogP contribution in [-0.4, -0.2) is 61.1 Å². The maximum Gasteiger partial charge on any atom is 0.333 e. The monoisotopic (exact) mass is 637 g/mol. The van der Waals surface area contributed by atoms with E-state index in [-0.39, 0.29) is 6.10 Å². The normalized spacial score (nSPS) is 20.1. The van der Waals surface area contributed by atoms with Crippen LogP contribution in [0, 0.1) is 0 Å². The molecule has 0 bridgehead atoms. The Hall–Kier alpha value is -4.00. The minimum Gasteiger partial charge on any atom is -0.491 e. The molecule has 2 saturated heterocycles. The quantitative estimate of drug-likeness (QED) is 0.155. The number of urea groups is 1. The largest absolute Gasteiger partial charge is 0.491 e. The lowest BCUT2D eigenvalue weighted by Crippen LogP contribution is -2.46. The van der Waals surface area contributed by atoms with E-state index in [0.29, 0.717) is 41.1 Å². The second-order valence-electron chi connectivity index (χ2n) is 10.7. The van der Waals surface area contributed by atoms with Crippen LogP contribution in [-0.2, 0) is 21.8 Å². The summed E-state index contributed by atoms with van der Waals surface area (Å²) >= 11 is 12.7. The standard InChI is InChI=1S/C31H33Cl2N7O4/c32-22-1-10-28(29(33)17-22)31(20-37-12-11-36-21-37)43-19-27(44-31)18-42-26-8-6-24(7-9-26)39-15-13-38(14-16-39)23-2-4-25(5-3-23)40(35)30(34)41/h1-12,17,21,27H,13-16,18-20,35H2,(H2,34,41). The molecule has 2 fully saturated rings. The fraction of sp³-hybridized carbons (Fsp3) is 0.290. The number of piperazine rings is 1. The number of hydrogen-bond acceptors (Lipinski definition) is 8. The number of rotatable bonds is 9. The van der Waals surface area contributed by atoms with Gasteiger partial charge in [-0.25, -0.2) is 20.6 Å². The van der Waals surface area contributed by atoms with E-state index < -0.39 is 11.8 Å². The predicted octanol–water partition coefficient (Wildman–Crippen LogP) is 4.62. The molecule has 0 saturated carbocycles. The Morgan fingerprint density at radius 3 is 2.25 bits per heavy atom. The highest BCUT2D eigenvalue weighted by molar-refractivity contribution is 6.35. The summed E-state index contributed by atoms with van der Waals surface area (Å²) < 4.78 is 20.8. The zero-order chi connectivity index (χ0) is 30.7. The van der Waals surface area contributed by atoms with Gasteiger partial charge in [0, 0.05) is 60.5 Å². The number of halogens is 2. The lowest BCUT2D eigenvalue weighted by Gasteiger charge is -2.37. The molecule has 3 aromatic carbocycles. The van der Waals surface area contributed by atoms with E-state index in [4.69, 9.17) is 49.0 Å². The van der Waals surface area contributed by atoms with Gasteiger partial charge in [0.1, 0.15) is 18.5 Å². The minimum absolute atomic E-state index is 0.309. The summed E-state index contributed by atoms with van der Waals surface area (Å²) in [4.78, 5) is 20.1. The van der Waals surface area contributed by atoms with Crippen LogP contribution in [0.3, 0.4) is 0 Å². The molecule has 2 aliphatic rings. The van der Waals surface area contributed by atoms with Crippen molar-refractivity contribution in [2.75, 3.05) is 54.2 Å². The van der Waals surface area contributed by atoms with Gasteiger partial charge in [-0.15, -0.1) is 0 Å². The lowest BCUT2D eigenvalue weighted by atomic mass is 10.1. The minimum atomic E-state index is -1.10. The van der Waals surface area contributed by atoms with Crippen molar-refractivity contribution in [1.29, 1.82) is 0 Å². The number of ether oxygens (including phenoxy) is 3. The smallest absolute Gasteiger partial charge is 0.333 e. The molecule has 0 aliphatic carbocycles. The van der Waals surface area contributed by atoms with Gasteiger partial charge in [-0.3, -0.25) is 0 Å². The van der Waals surface area contributed by atoms with Crippen molar-refractivity contribution < 1.29 is 19.0 Å². The summed E-state index contributed by atoms with van der Waals surface area (Å²) in [5, 5.41) is 1.94. The molecule has 44 heavy (non-hydrogen) atoms. The van der Waals surface area contributed by atoms with Crippen molar-refractivity contribution in [3.8, 4) is 5.75 Å². The van der Waals surface area contributed by atoms with Crippen molar-refractivity contribution in [3.05, 3.63) is 101 Å². The fourth-order valence-electron chi connectivity index (χ4n) is 5.49. The Labute approximate surface area is 265 Å². The van der Waals surface area contributed by atoms with Gasteiger partial charge in [-0.2, -0.15) is 0 Å². The van der Waals surface area contributed by atoms with Crippen LogP contribution in [0.2, 0.25) is 10.0 Å². The summed E-state index contributed by atoms with van der Waals surface area (Å²) in [6.07, 6.45) is 4.96. The Morgan fingerprint density at radius 1 is 1.00 bits per heavy atom. The number of nitrogens with two attached hydrogens (primary N) is 2. The van der Waals surface area contributed by atoms with Gasteiger partial charge in [0.25, 0.3) is 0 Å². The lowest BCUT2D eigenvalue weighted by molar-refractivity contribution is -0.189. The summed E-state index contributed by atoms with van der Waals surface area (Å²) in [5.41, 5.74) is 8.70. The number of nitrogens with zero attached hydrogens (tertiary/aromatic N) is 5. The van der Waals surface area contributed by atoms with E-state index >= 15 is 0 Å². The van der Waals surface area contributed by atoms with E-state index in [1.54, 1.807) is 36.8 Å². The van der Waals surface area contributed by atoms with Gasteiger partial charge in [-0.1, -0.05) is 29.3 Å². The molecule has 1 aromatic heterocycles. The van der Waals surface area contributed by atoms with E-state index in [1.165, 1.54) is 0 Å². The molecule has 13 heteroatoms. The Balaban J connectivity index is 1.03. The molecule has 4 aromatic rings. The number of imidazole rings is 1. The molecule has 230 valence electrons. The maximum atomic E-state index is 11.3. The zero-order valence-electron chi connectivity index (χ0n) is 23.9. The van der Waals surface area contributed by atoms with E-state index in [1.807, 2.05) is 41.1 Å². The first kappa shape index (κ1) is 30.0. The molecular formula is C31H33Cl2N7O4. The van der Waals surface area contributed by atoms with E-state index in [0.717, 1.165) is 48.3 Å². The number of benzene rings is 3. The predicted molar refractivity (Wildman–Crippen MR) is 170 cm³/mol. The third kappa shape index (κ3) is 6.57.